The van der Waals surface area contributed by atoms with Gasteiger partial charge in [0, 0.05) is 19.2 Å². The molecule has 5 heteroatoms. The third-order valence-corrected chi connectivity index (χ3v) is 3.12. The van der Waals surface area contributed by atoms with Gasteiger partial charge in [-0.15, -0.1) is 0 Å². The molecule has 0 saturated carbocycles. The first-order valence-corrected chi connectivity index (χ1v) is 6.35. The highest BCUT2D eigenvalue weighted by Crippen LogP contribution is 2.19. The van der Waals surface area contributed by atoms with E-state index in [2.05, 4.69) is 4.90 Å². The van der Waals surface area contributed by atoms with Gasteiger partial charge in [-0.3, -0.25) is 9.69 Å². The minimum Gasteiger partial charge on any atom is -0.481 e. The molecule has 0 amide bonds. The second-order valence-corrected chi connectivity index (χ2v) is 4.56. The molecule has 1 heterocycles. The molecule has 17 heavy (non-hydrogen) atoms. The number of hydrogen-bond donors (Lipinski definition) is 2. The zero-order valence-corrected chi connectivity index (χ0v) is 10.5. The number of hydrogen-bond acceptors (Lipinski definition) is 4. The van der Waals surface area contributed by atoms with Crippen LogP contribution in [0.2, 0.25) is 0 Å². The van der Waals surface area contributed by atoms with Crippen molar-refractivity contribution in [1.82, 2.24) is 4.90 Å². The highest BCUT2D eigenvalue weighted by molar-refractivity contribution is 5.67. The van der Waals surface area contributed by atoms with Gasteiger partial charge in [0.25, 0.3) is 0 Å². The number of aliphatic carboxylic acids is 1. The Hall–Kier alpha value is -0.650. The summed E-state index contributed by atoms with van der Waals surface area (Å²) < 4.78 is 5.16. The van der Waals surface area contributed by atoms with Crippen LogP contribution in [0, 0.1) is 0 Å². The van der Waals surface area contributed by atoms with Crippen molar-refractivity contribution in [2.45, 2.75) is 44.8 Å². The number of rotatable bonds is 7. The van der Waals surface area contributed by atoms with Crippen molar-refractivity contribution in [2.24, 2.45) is 0 Å². The molecule has 0 bridgehead atoms. The molecular weight excluding hydrogens is 222 g/mol. The van der Waals surface area contributed by atoms with Gasteiger partial charge in [0.2, 0.25) is 0 Å². The third-order valence-electron chi connectivity index (χ3n) is 3.12. The maximum Gasteiger partial charge on any atom is 0.304 e. The van der Waals surface area contributed by atoms with Gasteiger partial charge in [0.15, 0.2) is 0 Å². The second kappa shape index (κ2) is 7.63. The van der Waals surface area contributed by atoms with Crippen LogP contribution in [0.4, 0.5) is 0 Å². The second-order valence-electron chi connectivity index (χ2n) is 4.56. The SMILES string of the molecule is CCOCC(O)CN1CCCCC1CC(=O)O. The minimum atomic E-state index is -0.763. The molecule has 0 radical (unpaired) electrons. The Morgan fingerprint density at radius 1 is 1.53 bits per heavy atom. The summed E-state index contributed by atoms with van der Waals surface area (Å²) in [6, 6.07) is 0.0672. The van der Waals surface area contributed by atoms with E-state index in [1.165, 1.54) is 0 Å². The Balaban J connectivity index is 2.38. The molecule has 1 rings (SSSR count). The number of aliphatic hydroxyl groups is 1. The number of ether oxygens (including phenoxy) is 1. The molecular formula is C12H23NO4. The van der Waals surface area contributed by atoms with E-state index in [-0.39, 0.29) is 12.5 Å². The minimum absolute atomic E-state index is 0.0672. The largest absolute Gasteiger partial charge is 0.481 e. The fraction of sp³-hybridized carbons (Fsp3) is 0.917. The number of likely N-dealkylation sites (tertiary alicyclic amines) is 1. The average Bonchev–Trinajstić information content (AvgIpc) is 2.28. The van der Waals surface area contributed by atoms with Gasteiger partial charge >= 0.3 is 5.97 Å². The normalized spacial score (nSPS) is 23.5. The van der Waals surface area contributed by atoms with E-state index in [0.717, 1.165) is 25.8 Å². The summed E-state index contributed by atoms with van der Waals surface area (Å²) in [4.78, 5) is 12.8. The van der Waals surface area contributed by atoms with Gasteiger partial charge in [0.05, 0.1) is 19.1 Å². The topological polar surface area (TPSA) is 70.0 Å². The maximum atomic E-state index is 10.8. The number of aliphatic hydroxyl groups excluding tert-OH is 1. The number of carboxylic acids is 1. The monoisotopic (exact) mass is 245 g/mol. The van der Waals surface area contributed by atoms with Crippen LogP contribution < -0.4 is 0 Å². The molecule has 0 spiro atoms. The summed E-state index contributed by atoms with van der Waals surface area (Å²) >= 11 is 0. The molecule has 0 aromatic heterocycles. The number of nitrogens with zero attached hydrogens (tertiary/aromatic N) is 1. The third kappa shape index (κ3) is 5.48. The van der Waals surface area contributed by atoms with Gasteiger partial charge in [-0.2, -0.15) is 0 Å². The van der Waals surface area contributed by atoms with Gasteiger partial charge in [-0.05, 0) is 26.3 Å². The fourth-order valence-corrected chi connectivity index (χ4v) is 2.31. The van der Waals surface area contributed by atoms with Crippen LogP contribution in [0.15, 0.2) is 0 Å². The quantitative estimate of drug-likeness (QED) is 0.691. The Bertz CT molecular complexity index is 235. The number of carboxylic acid groups (broad SMARTS) is 1. The lowest BCUT2D eigenvalue weighted by Crippen LogP contribution is -2.45. The first-order chi connectivity index (χ1) is 8.13. The molecule has 1 aliphatic heterocycles. The van der Waals surface area contributed by atoms with Crippen molar-refractivity contribution >= 4 is 5.97 Å². The van der Waals surface area contributed by atoms with E-state index in [1.807, 2.05) is 6.92 Å². The fourth-order valence-electron chi connectivity index (χ4n) is 2.31. The lowest BCUT2D eigenvalue weighted by atomic mass is 9.99. The molecule has 1 fully saturated rings. The van der Waals surface area contributed by atoms with Crippen molar-refractivity contribution in [2.75, 3.05) is 26.3 Å². The first kappa shape index (κ1) is 14.4. The standard InChI is InChI=1S/C12H23NO4/c1-2-17-9-11(14)8-13-6-4-3-5-10(13)7-12(15)16/h10-11,14H,2-9H2,1H3,(H,15,16). The smallest absolute Gasteiger partial charge is 0.304 e. The van der Waals surface area contributed by atoms with Crippen molar-refractivity contribution in [3.8, 4) is 0 Å². The summed E-state index contributed by atoms with van der Waals surface area (Å²) in [6.07, 6.45) is 2.71. The molecule has 2 unspecified atom stereocenters. The van der Waals surface area contributed by atoms with Crippen molar-refractivity contribution in [1.29, 1.82) is 0 Å². The van der Waals surface area contributed by atoms with E-state index in [9.17, 15) is 9.90 Å². The van der Waals surface area contributed by atoms with Crippen LogP contribution in [-0.4, -0.2) is 59.5 Å². The molecule has 0 aliphatic carbocycles. The molecule has 1 aliphatic rings. The summed E-state index contributed by atoms with van der Waals surface area (Å²) in [5.74, 6) is -0.763. The first-order valence-electron chi connectivity index (χ1n) is 6.35. The lowest BCUT2D eigenvalue weighted by Gasteiger charge is -2.36. The molecule has 5 nitrogen and oxygen atoms in total. The molecule has 2 N–H and O–H groups in total. The predicted octanol–water partition coefficient (Wildman–Crippen LogP) is 0.713. The Kier molecular flexibility index (Phi) is 6.47. The van der Waals surface area contributed by atoms with E-state index in [1.54, 1.807) is 0 Å². The van der Waals surface area contributed by atoms with Gasteiger partial charge < -0.3 is 14.9 Å². The zero-order chi connectivity index (χ0) is 12.7. The molecule has 1 saturated heterocycles. The van der Waals surface area contributed by atoms with E-state index in [0.29, 0.717) is 19.8 Å². The Morgan fingerprint density at radius 2 is 2.29 bits per heavy atom. The van der Waals surface area contributed by atoms with Crippen molar-refractivity contribution in [3.63, 3.8) is 0 Å². The molecule has 100 valence electrons. The van der Waals surface area contributed by atoms with E-state index < -0.39 is 12.1 Å². The molecule has 0 aromatic rings. The number of carbonyl (C=O) groups is 1. The zero-order valence-electron chi connectivity index (χ0n) is 10.5. The summed E-state index contributed by atoms with van der Waals surface area (Å²) in [7, 11) is 0. The highest BCUT2D eigenvalue weighted by Gasteiger charge is 2.26. The van der Waals surface area contributed by atoms with Gasteiger partial charge in [0.1, 0.15) is 0 Å². The predicted molar refractivity (Wildman–Crippen MR) is 64.0 cm³/mol. The number of β-amino-alcohol motifs (C(OH)–C–C–N with tert-alkyl or cyclic N) is 1. The summed E-state index contributed by atoms with van der Waals surface area (Å²) in [5.41, 5.74) is 0. The molecule has 2 atom stereocenters. The molecule has 0 aromatic carbocycles. The van der Waals surface area contributed by atoms with Crippen molar-refractivity contribution in [3.05, 3.63) is 0 Å². The van der Waals surface area contributed by atoms with Crippen LogP contribution in [0.1, 0.15) is 32.6 Å². The lowest BCUT2D eigenvalue weighted by molar-refractivity contribution is -0.139. The average molecular weight is 245 g/mol. The Morgan fingerprint density at radius 3 is 2.94 bits per heavy atom. The van der Waals surface area contributed by atoms with Gasteiger partial charge in [-0.1, -0.05) is 6.42 Å². The summed E-state index contributed by atoms with van der Waals surface area (Å²) in [6.45, 7) is 4.20. The highest BCUT2D eigenvalue weighted by atomic mass is 16.5. The van der Waals surface area contributed by atoms with Crippen LogP contribution in [-0.2, 0) is 9.53 Å². The maximum absolute atomic E-state index is 10.8. The van der Waals surface area contributed by atoms with Gasteiger partial charge in [-0.25, -0.2) is 0 Å². The van der Waals surface area contributed by atoms with Crippen LogP contribution >= 0.6 is 0 Å². The van der Waals surface area contributed by atoms with E-state index in [4.69, 9.17) is 9.84 Å². The summed E-state index contributed by atoms with van der Waals surface area (Å²) in [5, 5.41) is 18.6. The van der Waals surface area contributed by atoms with E-state index >= 15 is 0 Å². The van der Waals surface area contributed by atoms with Crippen LogP contribution in [0.25, 0.3) is 0 Å². The van der Waals surface area contributed by atoms with Crippen molar-refractivity contribution < 1.29 is 19.7 Å². The van der Waals surface area contributed by atoms with Crippen LogP contribution in [0.5, 0.6) is 0 Å². The number of piperidine rings is 1. The Labute approximate surface area is 102 Å². The van der Waals surface area contributed by atoms with Crippen LogP contribution in [0.3, 0.4) is 0 Å².